The second kappa shape index (κ2) is 6.17. The minimum atomic E-state index is 0.0298. The number of amides is 1. The van der Waals surface area contributed by atoms with Crippen molar-refractivity contribution in [3.63, 3.8) is 0 Å². The molecule has 1 amide bonds. The summed E-state index contributed by atoms with van der Waals surface area (Å²) in [4.78, 5) is 19.1. The summed E-state index contributed by atoms with van der Waals surface area (Å²) in [5.74, 6) is 0.704. The zero-order chi connectivity index (χ0) is 18.2. The first-order valence-electron chi connectivity index (χ1n) is 8.75. The molecule has 0 radical (unpaired) electrons. The van der Waals surface area contributed by atoms with E-state index >= 15 is 0 Å². The Hall–Kier alpha value is -2.36. The number of aromatic nitrogens is 1. The Morgan fingerprint density at radius 2 is 1.72 bits per heavy atom. The van der Waals surface area contributed by atoms with Crippen LogP contribution in [0, 0.1) is 16.7 Å². The first-order valence-corrected chi connectivity index (χ1v) is 8.75. The van der Waals surface area contributed by atoms with Crippen LogP contribution >= 0.6 is 0 Å². The highest BCUT2D eigenvalue weighted by molar-refractivity contribution is 5.95. The number of carbonyl (C=O) groups is 1. The maximum atomic E-state index is 12.5. The highest BCUT2D eigenvalue weighted by Crippen LogP contribution is 2.68. The van der Waals surface area contributed by atoms with Gasteiger partial charge in [0.05, 0.1) is 11.9 Å². The molecule has 0 aliphatic heterocycles. The van der Waals surface area contributed by atoms with Crippen LogP contribution < -0.4 is 10.2 Å². The van der Waals surface area contributed by atoms with E-state index < -0.39 is 0 Å². The Morgan fingerprint density at radius 3 is 2.24 bits per heavy atom. The molecule has 1 saturated carbocycles. The molecular formula is C21H27N3O. The molecule has 3 rings (SSSR count). The van der Waals surface area contributed by atoms with Gasteiger partial charge in [-0.2, -0.15) is 0 Å². The van der Waals surface area contributed by atoms with Crippen molar-refractivity contribution in [2.24, 2.45) is 16.7 Å². The fourth-order valence-corrected chi connectivity index (χ4v) is 3.68. The minimum Gasteiger partial charge on any atom is -0.369 e. The number of rotatable bonds is 5. The standard InChI is InChI=1S/C21H27N3O/c1-20(2)18(21(20,3)4)19(25)23-17-12-11-16(13-22-17)24(5)14-15-9-7-6-8-10-15/h6-13,18H,14H2,1-5H3,(H,22,23,25). The van der Waals surface area contributed by atoms with Crippen molar-refractivity contribution in [1.82, 2.24) is 4.98 Å². The van der Waals surface area contributed by atoms with E-state index in [-0.39, 0.29) is 22.7 Å². The highest BCUT2D eigenvalue weighted by Gasteiger charge is 2.68. The monoisotopic (exact) mass is 337 g/mol. The molecule has 1 heterocycles. The summed E-state index contributed by atoms with van der Waals surface area (Å²) in [6.45, 7) is 9.40. The summed E-state index contributed by atoms with van der Waals surface area (Å²) in [5, 5.41) is 2.96. The third-order valence-electron chi connectivity index (χ3n) is 5.99. The summed E-state index contributed by atoms with van der Waals surface area (Å²) in [6.07, 6.45) is 1.81. The van der Waals surface area contributed by atoms with Crippen LogP contribution in [-0.2, 0) is 11.3 Å². The maximum Gasteiger partial charge on any atom is 0.229 e. The van der Waals surface area contributed by atoms with Gasteiger partial charge < -0.3 is 10.2 Å². The van der Waals surface area contributed by atoms with Gasteiger partial charge >= 0.3 is 0 Å². The predicted molar refractivity (Wildman–Crippen MR) is 102 cm³/mol. The molecule has 1 aliphatic rings. The number of carbonyl (C=O) groups excluding carboxylic acids is 1. The average Bonchev–Trinajstić information content (AvgIpc) is 2.98. The van der Waals surface area contributed by atoms with E-state index in [0.717, 1.165) is 12.2 Å². The van der Waals surface area contributed by atoms with Crippen LogP contribution in [0.4, 0.5) is 11.5 Å². The molecule has 1 fully saturated rings. The van der Waals surface area contributed by atoms with Gasteiger partial charge in [-0.05, 0) is 28.5 Å². The van der Waals surface area contributed by atoms with Crippen molar-refractivity contribution in [2.75, 3.05) is 17.3 Å². The predicted octanol–water partition coefficient (Wildman–Crippen LogP) is 4.34. The lowest BCUT2D eigenvalue weighted by Crippen LogP contribution is -2.19. The smallest absolute Gasteiger partial charge is 0.229 e. The molecule has 0 spiro atoms. The molecule has 1 aromatic heterocycles. The van der Waals surface area contributed by atoms with E-state index in [4.69, 9.17) is 0 Å². The highest BCUT2D eigenvalue weighted by atomic mass is 16.2. The number of benzene rings is 1. The molecule has 1 aliphatic carbocycles. The normalized spacial score (nSPS) is 17.8. The number of hydrogen-bond donors (Lipinski definition) is 1. The lowest BCUT2D eigenvalue weighted by molar-refractivity contribution is -0.118. The fourth-order valence-electron chi connectivity index (χ4n) is 3.68. The van der Waals surface area contributed by atoms with E-state index in [2.05, 4.69) is 55.0 Å². The van der Waals surface area contributed by atoms with Crippen molar-refractivity contribution in [2.45, 2.75) is 34.2 Å². The molecule has 4 heteroatoms. The molecule has 132 valence electrons. The van der Waals surface area contributed by atoms with Crippen molar-refractivity contribution < 1.29 is 4.79 Å². The number of nitrogens with one attached hydrogen (secondary N) is 1. The Balaban J connectivity index is 1.62. The zero-order valence-corrected chi connectivity index (χ0v) is 15.7. The van der Waals surface area contributed by atoms with E-state index in [1.165, 1.54) is 5.56 Å². The van der Waals surface area contributed by atoms with E-state index in [1.807, 2.05) is 43.6 Å². The SMILES string of the molecule is CN(Cc1ccccc1)c1ccc(NC(=O)C2C(C)(C)C2(C)C)nc1. The second-order valence-corrected chi connectivity index (χ2v) is 8.11. The molecule has 0 unspecified atom stereocenters. The summed E-state index contributed by atoms with van der Waals surface area (Å²) in [7, 11) is 2.04. The van der Waals surface area contributed by atoms with E-state index in [1.54, 1.807) is 0 Å². The minimum absolute atomic E-state index is 0.0298. The number of nitrogens with zero attached hydrogens (tertiary/aromatic N) is 2. The molecule has 2 aromatic rings. The molecule has 25 heavy (non-hydrogen) atoms. The molecule has 0 atom stereocenters. The molecule has 4 nitrogen and oxygen atoms in total. The van der Waals surface area contributed by atoms with Crippen LogP contribution in [0.5, 0.6) is 0 Å². The van der Waals surface area contributed by atoms with Crippen LogP contribution in [0.1, 0.15) is 33.3 Å². The van der Waals surface area contributed by atoms with Gasteiger partial charge in [0, 0.05) is 19.5 Å². The van der Waals surface area contributed by atoms with Gasteiger partial charge in [-0.15, -0.1) is 0 Å². The quantitative estimate of drug-likeness (QED) is 0.883. The number of hydrogen-bond acceptors (Lipinski definition) is 3. The van der Waals surface area contributed by atoms with Crippen molar-refractivity contribution >= 4 is 17.4 Å². The third-order valence-corrected chi connectivity index (χ3v) is 5.99. The molecule has 1 aromatic carbocycles. The second-order valence-electron chi connectivity index (χ2n) is 8.11. The van der Waals surface area contributed by atoms with Crippen LogP contribution in [0.25, 0.3) is 0 Å². The Morgan fingerprint density at radius 1 is 1.08 bits per heavy atom. The Kier molecular flexibility index (Phi) is 4.31. The van der Waals surface area contributed by atoms with Gasteiger partial charge in [-0.3, -0.25) is 4.79 Å². The average molecular weight is 337 g/mol. The summed E-state index contributed by atoms with van der Waals surface area (Å²) >= 11 is 0. The maximum absolute atomic E-state index is 12.5. The topological polar surface area (TPSA) is 45.2 Å². The van der Waals surface area contributed by atoms with Gasteiger partial charge in [0.25, 0.3) is 0 Å². The zero-order valence-electron chi connectivity index (χ0n) is 15.7. The van der Waals surface area contributed by atoms with E-state index in [0.29, 0.717) is 5.82 Å². The Bertz CT molecular complexity index is 736. The van der Waals surface area contributed by atoms with Gasteiger partial charge in [-0.1, -0.05) is 58.0 Å². The lowest BCUT2D eigenvalue weighted by atomic mass is 10.0. The van der Waals surface area contributed by atoms with Crippen LogP contribution in [-0.4, -0.2) is 17.9 Å². The molecule has 0 bridgehead atoms. The molecule has 1 N–H and O–H groups in total. The first kappa shape index (κ1) is 17.5. The molecule has 0 saturated heterocycles. The fraction of sp³-hybridized carbons (Fsp3) is 0.429. The van der Waals surface area contributed by atoms with Crippen molar-refractivity contribution in [3.8, 4) is 0 Å². The van der Waals surface area contributed by atoms with E-state index in [9.17, 15) is 4.79 Å². The Labute approximate surface area is 150 Å². The lowest BCUT2D eigenvalue weighted by Gasteiger charge is -2.19. The van der Waals surface area contributed by atoms with Gasteiger partial charge in [0.2, 0.25) is 5.91 Å². The first-order chi connectivity index (χ1) is 11.7. The van der Waals surface area contributed by atoms with Crippen molar-refractivity contribution in [1.29, 1.82) is 0 Å². The van der Waals surface area contributed by atoms with Crippen LogP contribution in [0.2, 0.25) is 0 Å². The third kappa shape index (κ3) is 3.26. The summed E-state index contributed by atoms with van der Waals surface area (Å²) < 4.78 is 0. The van der Waals surface area contributed by atoms with Gasteiger partial charge in [-0.25, -0.2) is 4.98 Å². The molecular weight excluding hydrogens is 310 g/mol. The number of anilines is 2. The van der Waals surface area contributed by atoms with Crippen molar-refractivity contribution in [3.05, 3.63) is 54.2 Å². The van der Waals surface area contributed by atoms with Gasteiger partial charge in [0.1, 0.15) is 5.82 Å². The van der Waals surface area contributed by atoms with Gasteiger partial charge in [0.15, 0.2) is 0 Å². The largest absolute Gasteiger partial charge is 0.369 e. The summed E-state index contributed by atoms with van der Waals surface area (Å²) in [5.41, 5.74) is 2.34. The summed E-state index contributed by atoms with van der Waals surface area (Å²) in [6, 6.07) is 14.2. The number of pyridine rings is 1. The van der Waals surface area contributed by atoms with Crippen LogP contribution in [0.15, 0.2) is 48.7 Å². The van der Waals surface area contributed by atoms with Crippen LogP contribution in [0.3, 0.4) is 0 Å².